The first kappa shape index (κ1) is 17.6. The van der Waals surface area contributed by atoms with Crippen molar-refractivity contribution in [1.82, 2.24) is 9.80 Å². The molecule has 0 unspecified atom stereocenters. The van der Waals surface area contributed by atoms with E-state index in [9.17, 15) is 9.59 Å². The third kappa shape index (κ3) is 3.44. The summed E-state index contributed by atoms with van der Waals surface area (Å²) < 4.78 is 0. The van der Waals surface area contributed by atoms with Crippen molar-refractivity contribution < 1.29 is 9.59 Å². The maximum absolute atomic E-state index is 12.9. The first-order chi connectivity index (χ1) is 10.9. The van der Waals surface area contributed by atoms with Crippen LogP contribution in [0.4, 0.5) is 10.5 Å². The fourth-order valence-electron chi connectivity index (χ4n) is 2.97. The van der Waals surface area contributed by atoms with Crippen LogP contribution < -0.4 is 4.90 Å². The van der Waals surface area contributed by atoms with Gasteiger partial charge in [0, 0.05) is 24.8 Å². The molecule has 1 fully saturated rings. The third-order valence-electron chi connectivity index (χ3n) is 4.43. The number of carbonyl (C=O) groups excluding carboxylic acids is 2. The second-order valence-electron chi connectivity index (χ2n) is 5.97. The minimum absolute atomic E-state index is 0.0102. The van der Waals surface area contributed by atoms with E-state index in [2.05, 4.69) is 6.92 Å². The number of nitrogens with zero attached hydrogens (tertiary/aromatic N) is 3. The van der Waals surface area contributed by atoms with Gasteiger partial charge in [0.15, 0.2) is 0 Å². The molecule has 2 atom stereocenters. The molecule has 1 aromatic carbocycles. The van der Waals surface area contributed by atoms with Gasteiger partial charge in [-0.3, -0.25) is 14.6 Å². The Morgan fingerprint density at radius 1 is 1.30 bits per heavy atom. The van der Waals surface area contributed by atoms with E-state index >= 15 is 0 Å². The smallest absolute Gasteiger partial charge is 0.323 e. The molecule has 1 aromatic rings. The van der Waals surface area contributed by atoms with Crippen molar-refractivity contribution in [2.24, 2.45) is 0 Å². The molecule has 5 nitrogen and oxygen atoms in total. The standard InChI is InChI=1S/C17H24ClN3O2/c1-5-6-7-15-20(4)16(22)12(2)21(15)17(23)19(3)14-10-8-13(18)9-11-14/h8-12,15H,5-7H2,1-4H3/t12-,15+/m0/s1. The van der Waals surface area contributed by atoms with Gasteiger partial charge >= 0.3 is 6.03 Å². The van der Waals surface area contributed by atoms with Crippen LogP contribution in [0.2, 0.25) is 5.02 Å². The number of anilines is 1. The monoisotopic (exact) mass is 337 g/mol. The fourth-order valence-corrected chi connectivity index (χ4v) is 3.09. The van der Waals surface area contributed by atoms with Gasteiger partial charge in [-0.05, 0) is 44.0 Å². The highest BCUT2D eigenvalue weighted by molar-refractivity contribution is 6.30. The van der Waals surface area contributed by atoms with Crippen molar-refractivity contribution in [3.05, 3.63) is 29.3 Å². The van der Waals surface area contributed by atoms with E-state index in [1.165, 1.54) is 0 Å². The van der Waals surface area contributed by atoms with E-state index in [-0.39, 0.29) is 18.1 Å². The topological polar surface area (TPSA) is 43.9 Å². The first-order valence-corrected chi connectivity index (χ1v) is 8.34. The van der Waals surface area contributed by atoms with Crippen LogP contribution in [-0.4, -0.2) is 48.0 Å². The maximum Gasteiger partial charge on any atom is 0.326 e. The Hall–Kier alpha value is -1.75. The van der Waals surface area contributed by atoms with Crippen LogP contribution in [0.3, 0.4) is 0 Å². The summed E-state index contributed by atoms with van der Waals surface area (Å²) in [6.45, 7) is 3.89. The Bertz CT molecular complexity index is 576. The molecule has 0 radical (unpaired) electrons. The zero-order valence-electron chi connectivity index (χ0n) is 14.1. The zero-order valence-corrected chi connectivity index (χ0v) is 14.9. The lowest BCUT2D eigenvalue weighted by Crippen LogP contribution is -2.49. The summed E-state index contributed by atoms with van der Waals surface area (Å²) in [5.41, 5.74) is 0.753. The quantitative estimate of drug-likeness (QED) is 0.843. The molecule has 6 heteroatoms. The minimum atomic E-state index is -0.441. The lowest BCUT2D eigenvalue weighted by Gasteiger charge is -2.32. The molecule has 0 saturated carbocycles. The summed E-state index contributed by atoms with van der Waals surface area (Å²) >= 11 is 5.90. The molecule has 0 aromatic heterocycles. The SMILES string of the molecule is CCCC[C@@H]1N(C)C(=O)[C@H](C)N1C(=O)N(C)c1ccc(Cl)cc1. The number of benzene rings is 1. The third-order valence-corrected chi connectivity index (χ3v) is 4.68. The second-order valence-corrected chi connectivity index (χ2v) is 6.41. The summed E-state index contributed by atoms with van der Waals surface area (Å²) in [6, 6.07) is 6.49. The van der Waals surface area contributed by atoms with E-state index in [0.29, 0.717) is 5.02 Å². The largest absolute Gasteiger partial charge is 0.326 e. The number of rotatable bonds is 4. The van der Waals surface area contributed by atoms with Crippen LogP contribution >= 0.6 is 11.6 Å². The second kappa shape index (κ2) is 7.21. The molecule has 1 aliphatic rings. The van der Waals surface area contributed by atoms with Crippen LogP contribution in [0, 0.1) is 0 Å². The molecule has 0 bridgehead atoms. The van der Waals surface area contributed by atoms with Crippen molar-refractivity contribution in [2.45, 2.75) is 45.3 Å². The molecule has 3 amide bonds. The summed E-state index contributed by atoms with van der Waals surface area (Å²) in [5.74, 6) is -0.0102. The Labute approximate surface area is 142 Å². The number of hydrogen-bond donors (Lipinski definition) is 0. The fraction of sp³-hybridized carbons (Fsp3) is 0.529. The zero-order chi connectivity index (χ0) is 17.1. The van der Waals surface area contributed by atoms with Gasteiger partial charge in [-0.2, -0.15) is 0 Å². The minimum Gasteiger partial charge on any atom is -0.323 e. The van der Waals surface area contributed by atoms with Gasteiger partial charge in [-0.15, -0.1) is 0 Å². The van der Waals surface area contributed by atoms with Gasteiger partial charge in [0.05, 0.1) is 0 Å². The lowest BCUT2D eigenvalue weighted by atomic mass is 10.2. The number of carbonyl (C=O) groups is 2. The van der Waals surface area contributed by atoms with E-state index in [1.54, 1.807) is 60.0 Å². The molecule has 0 N–H and O–H groups in total. The normalized spacial score (nSPS) is 21.0. The average Bonchev–Trinajstić information content (AvgIpc) is 2.76. The van der Waals surface area contributed by atoms with Crippen molar-refractivity contribution in [2.75, 3.05) is 19.0 Å². The number of hydrogen-bond acceptors (Lipinski definition) is 2. The lowest BCUT2D eigenvalue weighted by molar-refractivity contribution is -0.128. The Kier molecular flexibility index (Phi) is 5.52. The average molecular weight is 338 g/mol. The van der Waals surface area contributed by atoms with E-state index in [1.807, 2.05) is 0 Å². The highest BCUT2D eigenvalue weighted by atomic mass is 35.5. The Balaban J connectivity index is 2.23. The van der Waals surface area contributed by atoms with Gasteiger partial charge in [-0.1, -0.05) is 24.9 Å². The summed E-state index contributed by atoms with van der Waals surface area (Å²) in [6.07, 6.45) is 2.62. The molecule has 2 rings (SSSR count). The highest BCUT2D eigenvalue weighted by Crippen LogP contribution is 2.27. The first-order valence-electron chi connectivity index (χ1n) is 7.96. The Morgan fingerprint density at radius 2 is 1.91 bits per heavy atom. The molecule has 1 heterocycles. The Morgan fingerprint density at radius 3 is 2.48 bits per heavy atom. The van der Waals surface area contributed by atoms with Crippen molar-refractivity contribution >= 4 is 29.2 Å². The van der Waals surface area contributed by atoms with Gasteiger partial charge in [0.25, 0.3) is 0 Å². The predicted octanol–water partition coefficient (Wildman–Crippen LogP) is 3.58. The number of unbranched alkanes of at least 4 members (excludes halogenated alkanes) is 1. The molecular weight excluding hydrogens is 314 g/mol. The number of likely N-dealkylation sites (N-methyl/N-ethyl adjacent to an activating group) is 1. The molecule has 1 saturated heterocycles. The maximum atomic E-state index is 12.9. The van der Waals surface area contributed by atoms with E-state index < -0.39 is 6.04 Å². The molecule has 23 heavy (non-hydrogen) atoms. The predicted molar refractivity (Wildman–Crippen MR) is 92.6 cm³/mol. The summed E-state index contributed by atoms with van der Waals surface area (Å²) in [4.78, 5) is 30.2. The summed E-state index contributed by atoms with van der Waals surface area (Å²) in [5, 5.41) is 0.625. The van der Waals surface area contributed by atoms with Gasteiger partial charge in [-0.25, -0.2) is 4.79 Å². The summed E-state index contributed by atoms with van der Waals surface area (Å²) in [7, 11) is 3.49. The molecular formula is C17H24ClN3O2. The van der Waals surface area contributed by atoms with Gasteiger partial charge in [0.1, 0.15) is 12.2 Å². The number of halogens is 1. The molecule has 0 aliphatic carbocycles. The van der Waals surface area contributed by atoms with Crippen LogP contribution in [0.1, 0.15) is 33.1 Å². The van der Waals surface area contributed by atoms with Crippen LogP contribution in [-0.2, 0) is 4.79 Å². The van der Waals surface area contributed by atoms with Crippen LogP contribution in [0.5, 0.6) is 0 Å². The van der Waals surface area contributed by atoms with Crippen LogP contribution in [0.25, 0.3) is 0 Å². The van der Waals surface area contributed by atoms with Crippen LogP contribution in [0.15, 0.2) is 24.3 Å². The van der Waals surface area contributed by atoms with Gasteiger partial charge in [0.2, 0.25) is 5.91 Å². The van der Waals surface area contributed by atoms with Gasteiger partial charge < -0.3 is 4.90 Å². The number of amides is 3. The highest BCUT2D eigenvalue weighted by Gasteiger charge is 2.44. The van der Waals surface area contributed by atoms with Crippen molar-refractivity contribution in [3.63, 3.8) is 0 Å². The van der Waals surface area contributed by atoms with Crippen molar-refractivity contribution in [3.8, 4) is 0 Å². The van der Waals surface area contributed by atoms with E-state index in [0.717, 1.165) is 24.9 Å². The van der Waals surface area contributed by atoms with E-state index in [4.69, 9.17) is 11.6 Å². The number of urea groups is 1. The van der Waals surface area contributed by atoms with Crippen molar-refractivity contribution in [1.29, 1.82) is 0 Å². The molecule has 0 spiro atoms. The molecule has 126 valence electrons. The molecule has 1 aliphatic heterocycles.